The maximum Gasteiger partial charge on any atom is 0.293 e. The first-order valence-corrected chi connectivity index (χ1v) is 10.9. The first-order chi connectivity index (χ1) is 16.0. The number of anilines is 1. The Morgan fingerprint density at radius 3 is 2.61 bits per heavy atom. The van der Waals surface area contributed by atoms with Crippen LogP contribution in [-0.4, -0.2) is 31.8 Å². The molecule has 0 aliphatic rings. The summed E-state index contributed by atoms with van der Waals surface area (Å²) < 4.78 is 2.67. The molecule has 0 saturated carbocycles. The molecular weight excluding hydrogens is 414 g/mol. The van der Waals surface area contributed by atoms with Crippen LogP contribution >= 0.6 is 0 Å². The lowest BCUT2D eigenvalue weighted by molar-refractivity contribution is -0.119. The van der Waals surface area contributed by atoms with Crippen molar-refractivity contribution in [2.24, 2.45) is 0 Å². The molecule has 0 spiro atoms. The normalized spacial score (nSPS) is 11.2. The van der Waals surface area contributed by atoms with E-state index in [2.05, 4.69) is 10.2 Å². The molecule has 2 aromatic heterocycles. The Balaban J connectivity index is 1.50. The predicted octanol–water partition coefficient (Wildman–Crippen LogP) is 4.07. The number of nitrogens with zero attached hydrogens (tertiary/aromatic N) is 5. The zero-order valence-corrected chi connectivity index (χ0v) is 18.5. The Morgan fingerprint density at radius 2 is 1.79 bits per heavy atom. The molecule has 3 aromatic carbocycles. The van der Waals surface area contributed by atoms with Crippen molar-refractivity contribution in [3.05, 3.63) is 95.0 Å². The number of aryl methyl sites for hydroxylation is 1. The van der Waals surface area contributed by atoms with E-state index in [1.807, 2.05) is 80.6 Å². The number of amides is 1. The molecule has 0 bridgehead atoms. The van der Waals surface area contributed by atoms with Gasteiger partial charge in [0.2, 0.25) is 5.91 Å². The van der Waals surface area contributed by atoms with Crippen molar-refractivity contribution in [3.8, 4) is 11.3 Å². The van der Waals surface area contributed by atoms with Crippen LogP contribution in [0.1, 0.15) is 12.5 Å². The van der Waals surface area contributed by atoms with Crippen LogP contribution in [0.5, 0.6) is 0 Å². The van der Waals surface area contributed by atoms with E-state index in [-0.39, 0.29) is 18.0 Å². The Kier molecular flexibility index (Phi) is 5.22. The lowest BCUT2D eigenvalue weighted by atomic mass is 10.0. The van der Waals surface area contributed by atoms with Gasteiger partial charge in [-0.25, -0.2) is 9.20 Å². The summed E-state index contributed by atoms with van der Waals surface area (Å²) in [5.41, 5.74) is 3.51. The molecule has 0 N–H and O–H groups in total. The molecular formula is C26H23N5O2. The lowest BCUT2D eigenvalue weighted by Crippen LogP contribution is -2.37. The number of likely N-dealkylation sites (N-methyl/N-ethyl adjacent to an activating group) is 1. The molecule has 0 saturated heterocycles. The van der Waals surface area contributed by atoms with Crippen LogP contribution in [0.15, 0.2) is 83.9 Å². The number of rotatable bonds is 5. The highest BCUT2D eigenvalue weighted by Crippen LogP contribution is 2.27. The summed E-state index contributed by atoms with van der Waals surface area (Å²) in [6, 6.07) is 23.6. The third-order valence-corrected chi connectivity index (χ3v) is 5.77. The second kappa shape index (κ2) is 8.35. The van der Waals surface area contributed by atoms with Crippen LogP contribution in [-0.2, 0) is 11.3 Å². The standard InChI is InChI=1S/C26H23N5O2/c1-3-29(20-11-6-8-18(2)14-20)25(32)16-30-26(33)24-15-23(28-31(24)17-27-30)22-13-7-10-19-9-4-5-12-21(19)22/h4-15,17H,3,16H2,1-2H3. The molecule has 0 atom stereocenters. The Morgan fingerprint density at radius 1 is 1.00 bits per heavy atom. The van der Waals surface area contributed by atoms with Gasteiger partial charge in [0.05, 0.1) is 5.69 Å². The summed E-state index contributed by atoms with van der Waals surface area (Å²) in [7, 11) is 0. The molecule has 0 fully saturated rings. The molecule has 0 unspecified atom stereocenters. The molecule has 5 rings (SSSR count). The van der Waals surface area contributed by atoms with Gasteiger partial charge in [-0.1, -0.05) is 54.6 Å². The summed E-state index contributed by atoms with van der Waals surface area (Å²) in [5.74, 6) is -0.198. The number of fused-ring (bicyclic) bond motifs is 2. The average Bonchev–Trinajstić information content (AvgIpc) is 3.26. The number of benzene rings is 3. The van der Waals surface area contributed by atoms with Crippen molar-refractivity contribution < 1.29 is 4.79 Å². The highest BCUT2D eigenvalue weighted by molar-refractivity contribution is 5.96. The fourth-order valence-corrected chi connectivity index (χ4v) is 4.14. The van der Waals surface area contributed by atoms with Gasteiger partial charge in [-0.05, 0) is 48.4 Å². The zero-order chi connectivity index (χ0) is 22.9. The van der Waals surface area contributed by atoms with Gasteiger partial charge in [-0.2, -0.15) is 10.2 Å². The van der Waals surface area contributed by atoms with Crippen molar-refractivity contribution in [2.75, 3.05) is 11.4 Å². The van der Waals surface area contributed by atoms with Crippen molar-refractivity contribution in [1.29, 1.82) is 0 Å². The SMILES string of the molecule is CCN(C(=O)Cn1ncn2nc(-c3cccc4ccccc34)cc2c1=O)c1cccc(C)c1. The van der Waals surface area contributed by atoms with Crippen LogP contribution in [0.3, 0.4) is 0 Å². The highest BCUT2D eigenvalue weighted by atomic mass is 16.2. The van der Waals surface area contributed by atoms with Crippen LogP contribution in [0.25, 0.3) is 27.5 Å². The van der Waals surface area contributed by atoms with E-state index >= 15 is 0 Å². The molecule has 0 aliphatic carbocycles. The van der Waals surface area contributed by atoms with E-state index in [9.17, 15) is 9.59 Å². The van der Waals surface area contributed by atoms with E-state index in [4.69, 9.17) is 0 Å². The Hall–Kier alpha value is -4.26. The molecule has 1 amide bonds. The third kappa shape index (κ3) is 3.78. The van der Waals surface area contributed by atoms with Gasteiger partial charge in [-0.3, -0.25) is 9.59 Å². The highest BCUT2D eigenvalue weighted by Gasteiger charge is 2.18. The first kappa shape index (κ1) is 20.6. The van der Waals surface area contributed by atoms with E-state index < -0.39 is 0 Å². The van der Waals surface area contributed by atoms with Crippen LogP contribution in [0.2, 0.25) is 0 Å². The number of hydrogen-bond acceptors (Lipinski definition) is 4. The second-order valence-electron chi connectivity index (χ2n) is 7.96. The van der Waals surface area contributed by atoms with Gasteiger partial charge >= 0.3 is 0 Å². The minimum atomic E-state index is -0.356. The van der Waals surface area contributed by atoms with E-state index in [0.717, 1.165) is 27.6 Å². The van der Waals surface area contributed by atoms with Crippen molar-refractivity contribution in [1.82, 2.24) is 19.4 Å². The van der Waals surface area contributed by atoms with Gasteiger partial charge < -0.3 is 4.90 Å². The second-order valence-corrected chi connectivity index (χ2v) is 7.96. The molecule has 7 nitrogen and oxygen atoms in total. The lowest BCUT2D eigenvalue weighted by Gasteiger charge is -2.21. The number of hydrogen-bond donors (Lipinski definition) is 0. The number of carbonyl (C=O) groups excluding carboxylic acids is 1. The Labute approximate surface area is 190 Å². The topological polar surface area (TPSA) is 72.5 Å². The van der Waals surface area contributed by atoms with Crippen molar-refractivity contribution in [3.63, 3.8) is 0 Å². The minimum Gasteiger partial charge on any atom is -0.311 e. The fourth-order valence-electron chi connectivity index (χ4n) is 4.14. The summed E-state index contributed by atoms with van der Waals surface area (Å²) in [6.07, 6.45) is 1.47. The summed E-state index contributed by atoms with van der Waals surface area (Å²) in [5, 5.41) is 10.9. The van der Waals surface area contributed by atoms with Gasteiger partial charge in [0.25, 0.3) is 5.56 Å². The van der Waals surface area contributed by atoms with Crippen LogP contribution in [0.4, 0.5) is 5.69 Å². The van der Waals surface area contributed by atoms with Gasteiger partial charge in [0.1, 0.15) is 18.4 Å². The molecule has 2 heterocycles. The average molecular weight is 438 g/mol. The quantitative estimate of drug-likeness (QED) is 0.415. The van der Waals surface area contributed by atoms with Gasteiger partial charge in [0, 0.05) is 17.8 Å². The molecule has 0 radical (unpaired) electrons. The van der Waals surface area contributed by atoms with Gasteiger partial charge in [0.15, 0.2) is 0 Å². The summed E-state index contributed by atoms with van der Waals surface area (Å²) >= 11 is 0. The molecule has 164 valence electrons. The van der Waals surface area contributed by atoms with Gasteiger partial charge in [-0.15, -0.1) is 0 Å². The van der Waals surface area contributed by atoms with Crippen molar-refractivity contribution >= 4 is 27.9 Å². The number of carbonyl (C=O) groups is 1. The molecule has 5 aromatic rings. The predicted molar refractivity (Wildman–Crippen MR) is 129 cm³/mol. The zero-order valence-electron chi connectivity index (χ0n) is 18.5. The number of aromatic nitrogens is 4. The molecule has 0 aliphatic heterocycles. The monoisotopic (exact) mass is 437 g/mol. The van der Waals surface area contributed by atoms with Crippen LogP contribution in [0, 0.1) is 6.92 Å². The summed E-state index contributed by atoms with van der Waals surface area (Å²) in [4.78, 5) is 27.8. The van der Waals surface area contributed by atoms with E-state index in [1.165, 1.54) is 15.5 Å². The third-order valence-electron chi connectivity index (χ3n) is 5.77. The van der Waals surface area contributed by atoms with Crippen molar-refractivity contribution in [2.45, 2.75) is 20.4 Å². The molecule has 33 heavy (non-hydrogen) atoms. The van der Waals surface area contributed by atoms with E-state index in [1.54, 1.807) is 11.0 Å². The first-order valence-electron chi connectivity index (χ1n) is 10.9. The van der Waals surface area contributed by atoms with E-state index in [0.29, 0.717) is 17.8 Å². The van der Waals surface area contributed by atoms with Crippen LogP contribution < -0.4 is 10.5 Å². The summed E-state index contributed by atoms with van der Waals surface area (Å²) in [6.45, 7) is 4.24. The maximum atomic E-state index is 13.1. The minimum absolute atomic E-state index is 0.147. The largest absolute Gasteiger partial charge is 0.311 e. The molecule has 7 heteroatoms. The fraction of sp³-hybridized carbons (Fsp3) is 0.154. The maximum absolute atomic E-state index is 13.1. The Bertz CT molecular complexity index is 1540. The smallest absolute Gasteiger partial charge is 0.293 e.